The Morgan fingerprint density at radius 1 is 0.968 bits per heavy atom. The van der Waals surface area contributed by atoms with Crippen LogP contribution in [0.15, 0.2) is 53.4 Å². The monoisotopic (exact) mass is 443 g/mol. The van der Waals surface area contributed by atoms with E-state index in [9.17, 15) is 13.2 Å². The molecule has 7 heteroatoms. The Morgan fingerprint density at radius 3 is 2.10 bits per heavy atom. The van der Waals surface area contributed by atoms with Crippen LogP contribution in [0.3, 0.4) is 0 Å². The second-order valence-electron chi connectivity index (χ2n) is 9.26. The summed E-state index contributed by atoms with van der Waals surface area (Å²) in [6.45, 7) is 8.07. The summed E-state index contributed by atoms with van der Waals surface area (Å²) in [6.07, 6.45) is 3.79. The summed E-state index contributed by atoms with van der Waals surface area (Å²) in [6, 6.07) is 14.5. The minimum absolute atomic E-state index is 0.146. The molecule has 1 heterocycles. The minimum atomic E-state index is -3.62. The van der Waals surface area contributed by atoms with Gasteiger partial charge in [0.05, 0.1) is 4.90 Å². The first kappa shape index (κ1) is 23.3. The molecule has 1 aliphatic heterocycles. The van der Waals surface area contributed by atoms with Crippen molar-refractivity contribution in [3.8, 4) is 0 Å². The molecular weight excluding hydrogens is 410 g/mol. The van der Waals surface area contributed by atoms with Crippen LogP contribution in [0.25, 0.3) is 0 Å². The van der Waals surface area contributed by atoms with E-state index in [0.29, 0.717) is 12.1 Å². The second kappa shape index (κ2) is 9.40. The Kier molecular flexibility index (Phi) is 7.06. The number of sulfonamides is 1. The molecule has 0 saturated carbocycles. The standard InChI is InChI=1S/C24H33N3O3S/c1-24(2,3)25-31(29,30)22-14-10-20(11-15-22)23(28)26(4)18-19-8-12-21(13-9-19)27-16-6-5-7-17-27/h8-15,25H,5-7,16-18H2,1-4H3. The van der Waals surface area contributed by atoms with E-state index in [0.717, 1.165) is 18.7 Å². The van der Waals surface area contributed by atoms with Gasteiger partial charge in [0, 0.05) is 43.5 Å². The molecule has 3 rings (SSSR count). The smallest absolute Gasteiger partial charge is 0.253 e. The molecule has 0 aliphatic carbocycles. The molecule has 1 N–H and O–H groups in total. The van der Waals surface area contributed by atoms with Crippen molar-refractivity contribution in [2.45, 2.75) is 57.0 Å². The molecule has 6 nitrogen and oxygen atoms in total. The van der Waals surface area contributed by atoms with Crippen LogP contribution in [-0.4, -0.2) is 44.9 Å². The molecule has 1 saturated heterocycles. The van der Waals surface area contributed by atoms with Gasteiger partial charge in [0.2, 0.25) is 10.0 Å². The average Bonchev–Trinajstić information content (AvgIpc) is 2.73. The zero-order valence-corrected chi connectivity index (χ0v) is 19.7. The van der Waals surface area contributed by atoms with Crippen molar-refractivity contribution in [2.75, 3.05) is 25.0 Å². The molecule has 0 unspecified atom stereocenters. The highest BCUT2D eigenvalue weighted by Crippen LogP contribution is 2.21. The van der Waals surface area contributed by atoms with E-state index in [2.05, 4.69) is 33.9 Å². The molecule has 2 aromatic rings. The molecule has 0 bridgehead atoms. The normalized spacial score (nSPS) is 15.0. The maximum Gasteiger partial charge on any atom is 0.253 e. The van der Waals surface area contributed by atoms with Crippen molar-refractivity contribution < 1.29 is 13.2 Å². The lowest BCUT2D eigenvalue weighted by Crippen LogP contribution is -2.40. The Bertz CT molecular complexity index is 988. The van der Waals surface area contributed by atoms with Gasteiger partial charge in [-0.3, -0.25) is 4.79 Å². The highest BCUT2D eigenvalue weighted by molar-refractivity contribution is 7.89. The molecule has 0 aromatic heterocycles. The predicted molar refractivity (Wildman–Crippen MR) is 125 cm³/mol. The van der Waals surface area contributed by atoms with Crippen molar-refractivity contribution in [2.24, 2.45) is 0 Å². The van der Waals surface area contributed by atoms with Gasteiger partial charge in [-0.05, 0) is 82.0 Å². The van der Waals surface area contributed by atoms with Crippen LogP contribution in [0.5, 0.6) is 0 Å². The van der Waals surface area contributed by atoms with Gasteiger partial charge in [-0.2, -0.15) is 0 Å². The van der Waals surface area contributed by atoms with Crippen LogP contribution in [0.4, 0.5) is 5.69 Å². The van der Waals surface area contributed by atoms with Crippen LogP contribution in [0.1, 0.15) is 56.0 Å². The van der Waals surface area contributed by atoms with Gasteiger partial charge in [-0.15, -0.1) is 0 Å². The number of nitrogens with zero attached hydrogens (tertiary/aromatic N) is 2. The fraction of sp³-hybridized carbons (Fsp3) is 0.458. The first-order valence-electron chi connectivity index (χ1n) is 10.8. The molecule has 1 amide bonds. The Balaban J connectivity index is 1.63. The summed E-state index contributed by atoms with van der Waals surface area (Å²) in [5.74, 6) is -0.146. The van der Waals surface area contributed by atoms with E-state index in [4.69, 9.17) is 0 Å². The molecular formula is C24H33N3O3S. The van der Waals surface area contributed by atoms with E-state index in [1.807, 2.05) is 0 Å². The zero-order valence-electron chi connectivity index (χ0n) is 18.9. The topological polar surface area (TPSA) is 69.7 Å². The quantitative estimate of drug-likeness (QED) is 0.732. The molecule has 31 heavy (non-hydrogen) atoms. The Labute approximate surface area is 186 Å². The van der Waals surface area contributed by atoms with Crippen molar-refractivity contribution in [3.63, 3.8) is 0 Å². The second-order valence-corrected chi connectivity index (χ2v) is 10.9. The third kappa shape index (κ3) is 6.31. The van der Waals surface area contributed by atoms with E-state index in [1.165, 1.54) is 37.1 Å². The molecule has 1 fully saturated rings. The number of nitrogens with one attached hydrogen (secondary N) is 1. The number of benzene rings is 2. The number of carbonyl (C=O) groups excluding carboxylic acids is 1. The fourth-order valence-corrected chi connectivity index (χ4v) is 5.19. The van der Waals surface area contributed by atoms with Gasteiger partial charge in [0.25, 0.3) is 5.91 Å². The molecule has 0 atom stereocenters. The largest absolute Gasteiger partial charge is 0.372 e. The number of anilines is 1. The van der Waals surface area contributed by atoms with Gasteiger partial charge >= 0.3 is 0 Å². The van der Waals surface area contributed by atoms with Gasteiger partial charge in [-0.25, -0.2) is 13.1 Å². The Morgan fingerprint density at radius 2 is 1.55 bits per heavy atom. The number of hydrogen-bond acceptors (Lipinski definition) is 4. The van der Waals surface area contributed by atoms with Crippen LogP contribution in [0.2, 0.25) is 0 Å². The molecule has 0 spiro atoms. The first-order chi connectivity index (χ1) is 14.5. The van der Waals surface area contributed by atoms with Crippen LogP contribution in [0, 0.1) is 0 Å². The third-order valence-corrected chi connectivity index (χ3v) is 7.05. The maximum absolute atomic E-state index is 12.8. The number of hydrogen-bond donors (Lipinski definition) is 1. The first-order valence-corrected chi connectivity index (χ1v) is 12.3. The number of carbonyl (C=O) groups is 1. The van der Waals surface area contributed by atoms with Crippen LogP contribution >= 0.6 is 0 Å². The minimum Gasteiger partial charge on any atom is -0.372 e. The number of rotatable bonds is 6. The Hall–Kier alpha value is -2.38. The molecule has 168 valence electrons. The maximum atomic E-state index is 12.8. The summed E-state index contributed by atoms with van der Waals surface area (Å²) in [4.78, 5) is 17.0. The summed E-state index contributed by atoms with van der Waals surface area (Å²) in [7, 11) is -1.87. The zero-order chi connectivity index (χ0) is 22.6. The van der Waals surface area contributed by atoms with Crippen molar-refractivity contribution in [1.82, 2.24) is 9.62 Å². The van der Waals surface area contributed by atoms with Crippen molar-refractivity contribution in [3.05, 3.63) is 59.7 Å². The van der Waals surface area contributed by atoms with Gasteiger partial charge in [0.1, 0.15) is 0 Å². The van der Waals surface area contributed by atoms with E-state index in [1.54, 1.807) is 44.9 Å². The summed E-state index contributed by atoms with van der Waals surface area (Å²) in [5, 5.41) is 0. The number of piperidine rings is 1. The van der Waals surface area contributed by atoms with Gasteiger partial charge in [-0.1, -0.05) is 12.1 Å². The third-order valence-electron chi connectivity index (χ3n) is 5.28. The lowest BCUT2D eigenvalue weighted by Gasteiger charge is -2.29. The summed E-state index contributed by atoms with van der Waals surface area (Å²) in [5.41, 5.74) is 2.18. The predicted octanol–water partition coefficient (Wildman–Crippen LogP) is 4.03. The highest BCUT2D eigenvalue weighted by atomic mass is 32.2. The fourth-order valence-electron chi connectivity index (χ4n) is 3.77. The van der Waals surface area contributed by atoms with Crippen molar-refractivity contribution >= 4 is 21.6 Å². The van der Waals surface area contributed by atoms with Crippen molar-refractivity contribution in [1.29, 1.82) is 0 Å². The average molecular weight is 444 g/mol. The lowest BCUT2D eigenvalue weighted by molar-refractivity contribution is 0.0785. The van der Waals surface area contributed by atoms with Gasteiger partial charge < -0.3 is 9.80 Å². The van der Waals surface area contributed by atoms with E-state index in [-0.39, 0.29) is 10.8 Å². The van der Waals surface area contributed by atoms with Gasteiger partial charge in [0.15, 0.2) is 0 Å². The van der Waals surface area contributed by atoms with E-state index >= 15 is 0 Å². The lowest BCUT2D eigenvalue weighted by atomic mass is 10.1. The summed E-state index contributed by atoms with van der Waals surface area (Å²) >= 11 is 0. The van der Waals surface area contributed by atoms with E-state index < -0.39 is 15.6 Å². The van der Waals surface area contributed by atoms with Crippen LogP contribution in [-0.2, 0) is 16.6 Å². The SMILES string of the molecule is CN(Cc1ccc(N2CCCCC2)cc1)C(=O)c1ccc(S(=O)(=O)NC(C)(C)C)cc1. The van der Waals surface area contributed by atoms with Crippen LogP contribution < -0.4 is 9.62 Å². The highest BCUT2D eigenvalue weighted by Gasteiger charge is 2.22. The molecule has 1 aliphatic rings. The number of amides is 1. The molecule has 0 radical (unpaired) electrons. The molecule has 2 aromatic carbocycles. The summed E-state index contributed by atoms with van der Waals surface area (Å²) < 4.78 is 27.5.